The van der Waals surface area contributed by atoms with Gasteiger partial charge in [0.25, 0.3) is 0 Å². The number of primary amides is 1. The van der Waals surface area contributed by atoms with Crippen LogP contribution in [0.1, 0.15) is 33.6 Å². The summed E-state index contributed by atoms with van der Waals surface area (Å²) in [5, 5.41) is 3.26. The van der Waals surface area contributed by atoms with Gasteiger partial charge in [0.15, 0.2) is 0 Å². The lowest BCUT2D eigenvalue weighted by Gasteiger charge is -2.27. The first-order valence-corrected chi connectivity index (χ1v) is 4.46. The number of hydrogen-bond acceptors (Lipinski definition) is 2. The van der Waals surface area contributed by atoms with Crippen molar-refractivity contribution in [3.05, 3.63) is 0 Å². The van der Waals surface area contributed by atoms with E-state index in [1.54, 1.807) is 0 Å². The normalized spacial score (nSPS) is 30.6. The van der Waals surface area contributed by atoms with Crippen LogP contribution in [-0.2, 0) is 4.79 Å². The molecule has 1 amide bonds. The van der Waals surface area contributed by atoms with Crippen LogP contribution >= 0.6 is 0 Å². The zero-order chi connectivity index (χ0) is 9.35. The fourth-order valence-corrected chi connectivity index (χ4v) is 1.65. The highest BCUT2D eigenvalue weighted by Gasteiger charge is 2.34. The predicted octanol–water partition coefficient (Wildman–Crippen LogP) is 0.638. The molecule has 12 heavy (non-hydrogen) atoms. The molecule has 1 fully saturated rings. The molecule has 0 aliphatic carbocycles. The molecule has 1 aliphatic rings. The summed E-state index contributed by atoms with van der Waals surface area (Å²) in [6, 6.07) is 0.323. The Hall–Kier alpha value is -0.570. The highest BCUT2D eigenvalue weighted by atomic mass is 16.1. The van der Waals surface area contributed by atoms with E-state index in [0.29, 0.717) is 6.04 Å². The van der Waals surface area contributed by atoms with Crippen LogP contribution in [0.25, 0.3) is 0 Å². The van der Waals surface area contributed by atoms with E-state index in [1.165, 1.54) is 0 Å². The van der Waals surface area contributed by atoms with Crippen LogP contribution in [0.3, 0.4) is 0 Å². The first-order chi connectivity index (χ1) is 5.41. The lowest BCUT2D eigenvalue weighted by atomic mass is 9.86. The minimum absolute atomic E-state index is 0.103. The van der Waals surface area contributed by atoms with Crippen LogP contribution in [-0.4, -0.2) is 18.0 Å². The molecule has 1 saturated heterocycles. The van der Waals surface area contributed by atoms with E-state index in [9.17, 15) is 4.79 Å². The minimum atomic E-state index is -0.221. The van der Waals surface area contributed by atoms with Gasteiger partial charge < -0.3 is 11.1 Å². The van der Waals surface area contributed by atoms with Gasteiger partial charge in [-0.2, -0.15) is 0 Å². The summed E-state index contributed by atoms with van der Waals surface area (Å²) in [5.41, 5.74) is 5.43. The Bertz CT molecular complexity index is 183. The Balaban J connectivity index is 2.51. The largest absolute Gasteiger partial charge is 0.368 e. The molecule has 2 atom stereocenters. The number of nitrogens with two attached hydrogens (primary N) is 1. The second kappa shape index (κ2) is 3.05. The number of carbonyl (C=O) groups is 1. The van der Waals surface area contributed by atoms with Gasteiger partial charge in [-0.1, -0.05) is 20.8 Å². The number of nitrogens with one attached hydrogen (secondary N) is 1. The summed E-state index contributed by atoms with van der Waals surface area (Å²) in [6.07, 6.45) is 1.94. The van der Waals surface area contributed by atoms with Crippen LogP contribution in [0.4, 0.5) is 0 Å². The quantitative estimate of drug-likeness (QED) is 0.606. The smallest absolute Gasteiger partial charge is 0.234 e. The Kier molecular flexibility index (Phi) is 2.42. The third-order valence-electron chi connectivity index (χ3n) is 2.54. The van der Waals surface area contributed by atoms with Crippen LogP contribution < -0.4 is 11.1 Å². The maximum atomic E-state index is 10.8. The van der Waals surface area contributed by atoms with Crippen molar-refractivity contribution in [3.8, 4) is 0 Å². The van der Waals surface area contributed by atoms with E-state index in [0.717, 1.165) is 12.8 Å². The highest BCUT2D eigenvalue weighted by molar-refractivity contribution is 5.80. The van der Waals surface area contributed by atoms with Crippen LogP contribution in [0.15, 0.2) is 0 Å². The van der Waals surface area contributed by atoms with E-state index in [1.807, 2.05) is 0 Å². The number of hydrogen-bond donors (Lipinski definition) is 2. The summed E-state index contributed by atoms with van der Waals surface area (Å²) in [7, 11) is 0. The third-order valence-corrected chi connectivity index (χ3v) is 2.54. The molecule has 0 aromatic rings. The Morgan fingerprint density at radius 1 is 1.42 bits per heavy atom. The molecule has 0 aromatic heterocycles. The Morgan fingerprint density at radius 3 is 2.25 bits per heavy atom. The van der Waals surface area contributed by atoms with Gasteiger partial charge in [-0.25, -0.2) is 0 Å². The topological polar surface area (TPSA) is 55.1 Å². The fraction of sp³-hybridized carbons (Fsp3) is 0.889. The average Bonchev–Trinajstić information content (AvgIpc) is 2.30. The van der Waals surface area contributed by atoms with Crippen molar-refractivity contribution < 1.29 is 4.79 Å². The molecule has 3 nitrogen and oxygen atoms in total. The van der Waals surface area contributed by atoms with Crippen LogP contribution in [0.2, 0.25) is 0 Å². The molecule has 70 valence electrons. The van der Waals surface area contributed by atoms with E-state index in [2.05, 4.69) is 26.1 Å². The van der Waals surface area contributed by atoms with Crippen molar-refractivity contribution in [1.82, 2.24) is 5.32 Å². The monoisotopic (exact) mass is 170 g/mol. The number of carbonyl (C=O) groups excluding carboxylic acids is 1. The second-order valence-corrected chi connectivity index (χ2v) is 4.62. The maximum absolute atomic E-state index is 10.8. The number of rotatable bonds is 1. The van der Waals surface area contributed by atoms with Gasteiger partial charge in [0, 0.05) is 6.04 Å². The van der Waals surface area contributed by atoms with Gasteiger partial charge in [-0.3, -0.25) is 4.79 Å². The van der Waals surface area contributed by atoms with Crippen molar-refractivity contribution >= 4 is 5.91 Å². The SMILES string of the molecule is CC(C)(C)C1CCC(C(N)=O)N1. The molecule has 0 radical (unpaired) electrons. The van der Waals surface area contributed by atoms with Gasteiger partial charge in [-0.05, 0) is 18.3 Å². The van der Waals surface area contributed by atoms with Gasteiger partial charge in [-0.15, -0.1) is 0 Å². The molecule has 0 aromatic carbocycles. The Morgan fingerprint density at radius 2 is 2.00 bits per heavy atom. The van der Waals surface area contributed by atoms with E-state index < -0.39 is 0 Å². The molecule has 3 N–H and O–H groups in total. The fourth-order valence-electron chi connectivity index (χ4n) is 1.65. The summed E-state index contributed by atoms with van der Waals surface area (Å²) in [6.45, 7) is 6.52. The molecule has 1 aliphatic heterocycles. The second-order valence-electron chi connectivity index (χ2n) is 4.62. The zero-order valence-corrected chi connectivity index (χ0v) is 8.05. The highest BCUT2D eigenvalue weighted by Crippen LogP contribution is 2.28. The van der Waals surface area contributed by atoms with E-state index in [4.69, 9.17) is 5.73 Å². The summed E-state index contributed by atoms with van der Waals surface area (Å²) < 4.78 is 0. The van der Waals surface area contributed by atoms with Crippen molar-refractivity contribution in [2.75, 3.05) is 0 Å². The predicted molar refractivity (Wildman–Crippen MR) is 48.6 cm³/mol. The van der Waals surface area contributed by atoms with E-state index in [-0.39, 0.29) is 17.4 Å². The zero-order valence-electron chi connectivity index (χ0n) is 8.05. The van der Waals surface area contributed by atoms with Gasteiger partial charge in [0.2, 0.25) is 5.91 Å². The third kappa shape index (κ3) is 1.97. The summed E-state index contributed by atoms with van der Waals surface area (Å²) in [5.74, 6) is -0.221. The first-order valence-electron chi connectivity index (χ1n) is 4.46. The molecule has 1 heterocycles. The molecule has 3 heteroatoms. The lowest BCUT2D eigenvalue weighted by molar-refractivity contribution is -0.119. The summed E-state index contributed by atoms with van der Waals surface area (Å²) >= 11 is 0. The number of amides is 1. The van der Waals surface area contributed by atoms with E-state index >= 15 is 0 Å². The average molecular weight is 170 g/mol. The van der Waals surface area contributed by atoms with Crippen molar-refractivity contribution in [3.63, 3.8) is 0 Å². The molecular weight excluding hydrogens is 152 g/mol. The van der Waals surface area contributed by atoms with Gasteiger partial charge in [0.05, 0.1) is 6.04 Å². The minimum Gasteiger partial charge on any atom is -0.368 e. The summed E-state index contributed by atoms with van der Waals surface area (Å²) in [4.78, 5) is 10.8. The standard InChI is InChI=1S/C9H18N2O/c1-9(2,3)7-5-4-6(11-7)8(10)12/h6-7,11H,4-5H2,1-3H3,(H2,10,12). The lowest BCUT2D eigenvalue weighted by Crippen LogP contribution is -2.44. The molecule has 1 rings (SSSR count). The molecule has 0 saturated carbocycles. The molecule has 0 spiro atoms. The molecule has 2 unspecified atom stereocenters. The van der Waals surface area contributed by atoms with Gasteiger partial charge in [0.1, 0.15) is 0 Å². The van der Waals surface area contributed by atoms with Crippen molar-refractivity contribution in [2.24, 2.45) is 11.1 Å². The van der Waals surface area contributed by atoms with Gasteiger partial charge >= 0.3 is 0 Å². The first kappa shape index (κ1) is 9.52. The molecular formula is C9H18N2O. The van der Waals surface area contributed by atoms with Crippen LogP contribution in [0.5, 0.6) is 0 Å². The van der Waals surface area contributed by atoms with Crippen LogP contribution in [0, 0.1) is 5.41 Å². The Labute approximate surface area is 73.7 Å². The maximum Gasteiger partial charge on any atom is 0.234 e. The molecule has 0 bridgehead atoms. The van der Waals surface area contributed by atoms with Crippen molar-refractivity contribution in [2.45, 2.75) is 45.7 Å². The van der Waals surface area contributed by atoms with Crippen molar-refractivity contribution in [1.29, 1.82) is 0 Å².